The summed E-state index contributed by atoms with van der Waals surface area (Å²) in [5.74, 6) is 0.128. The molecule has 1 aliphatic carbocycles. The minimum absolute atomic E-state index is 0.177. The molecule has 100 valence electrons. The highest BCUT2D eigenvalue weighted by Crippen LogP contribution is 2.48. The Hall–Kier alpha value is -1.84. The van der Waals surface area contributed by atoms with Gasteiger partial charge in [0.25, 0.3) is 0 Å². The van der Waals surface area contributed by atoms with Crippen LogP contribution in [0.15, 0.2) is 30.9 Å². The summed E-state index contributed by atoms with van der Waals surface area (Å²) in [7, 11) is 0. The highest BCUT2D eigenvalue weighted by atomic mass is 19.1. The van der Waals surface area contributed by atoms with Crippen LogP contribution in [0.3, 0.4) is 0 Å². The van der Waals surface area contributed by atoms with Crippen molar-refractivity contribution in [1.82, 2.24) is 5.32 Å². The van der Waals surface area contributed by atoms with E-state index in [0.717, 1.165) is 19.3 Å². The quantitative estimate of drug-likeness (QED) is 0.831. The van der Waals surface area contributed by atoms with Crippen molar-refractivity contribution in [3.8, 4) is 5.75 Å². The molecule has 1 aromatic carbocycles. The van der Waals surface area contributed by atoms with E-state index >= 15 is 0 Å². The van der Waals surface area contributed by atoms with Crippen molar-refractivity contribution in [2.45, 2.75) is 37.3 Å². The van der Waals surface area contributed by atoms with E-state index in [-0.39, 0.29) is 23.4 Å². The first kappa shape index (κ1) is 12.2. The third kappa shape index (κ3) is 2.11. The molecule has 0 unspecified atom stereocenters. The number of amides is 1. The van der Waals surface area contributed by atoms with E-state index in [1.165, 1.54) is 18.2 Å². The van der Waals surface area contributed by atoms with Crippen molar-refractivity contribution in [3.63, 3.8) is 0 Å². The number of rotatable bonds is 2. The van der Waals surface area contributed by atoms with Gasteiger partial charge in [-0.1, -0.05) is 6.58 Å². The molecule has 19 heavy (non-hydrogen) atoms. The number of carbonyl (C=O) groups excluding carboxylic acids is 1. The first-order chi connectivity index (χ1) is 9.12. The summed E-state index contributed by atoms with van der Waals surface area (Å²) in [6.45, 7) is 3.45. The number of nitrogens with one attached hydrogen (secondary N) is 1. The zero-order valence-electron chi connectivity index (χ0n) is 10.6. The maximum absolute atomic E-state index is 13.4. The number of benzene rings is 1. The molecule has 1 aromatic rings. The van der Waals surface area contributed by atoms with Crippen molar-refractivity contribution in [2.75, 3.05) is 0 Å². The summed E-state index contributed by atoms with van der Waals surface area (Å²) in [6.07, 6.45) is 5.05. The molecule has 1 amide bonds. The molecule has 1 saturated carbocycles. The van der Waals surface area contributed by atoms with E-state index in [9.17, 15) is 9.18 Å². The Morgan fingerprint density at radius 3 is 2.95 bits per heavy atom. The van der Waals surface area contributed by atoms with Crippen LogP contribution in [-0.4, -0.2) is 11.5 Å². The Balaban J connectivity index is 1.95. The molecule has 1 spiro atoms. The van der Waals surface area contributed by atoms with Gasteiger partial charge < -0.3 is 10.1 Å². The molecule has 2 aliphatic rings. The van der Waals surface area contributed by atoms with Crippen molar-refractivity contribution in [1.29, 1.82) is 0 Å². The van der Waals surface area contributed by atoms with E-state index in [1.54, 1.807) is 6.07 Å². The van der Waals surface area contributed by atoms with E-state index in [4.69, 9.17) is 4.74 Å². The number of ether oxygens (including phenoxy) is 1. The Morgan fingerprint density at radius 2 is 2.32 bits per heavy atom. The fourth-order valence-corrected chi connectivity index (χ4v) is 2.88. The number of carbonyl (C=O) groups is 1. The lowest BCUT2D eigenvalue weighted by Crippen LogP contribution is -2.49. The van der Waals surface area contributed by atoms with E-state index in [0.29, 0.717) is 17.7 Å². The molecular formula is C15H16FNO2. The van der Waals surface area contributed by atoms with Gasteiger partial charge in [-0.3, -0.25) is 4.79 Å². The summed E-state index contributed by atoms with van der Waals surface area (Å²) >= 11 is 0. The summed E-state index contributed by atoms with van der Waals surface area (Å²) in [4.78, 5) is 11.5. The van der Waals surface area contributed by atoms with Gasteiger partial charge in [0.2, 0.25) is 5.91 Å². The zero-order valence-corrected chi connectivity index (χ0v) is 10.6. The van der Waals surface area contributed by atoms with Crippen LogP contribution < -0.4 is 10.1 Å². The third-order valence-corrected chi connectivity index (χ3v) is 4.02. The second-order valence-corrected chi connectivity index (χ2v) is 5.29. The highest BCUT2D eigenvalue weighted by molar-refractivity contribution is 5.87. The summed E-state index contributed by atoms with van der Waals surface area (Å²) < 4.78 is 19.4. The summed E-state index contributed by atoms with van der Waals surface area (Å²) in [6, 6.07) is 4.28. The van der Waals surface area contributed by atoms with Gasteiger partial charge in [-0.15, -0.1) is 0 Å². The van der Waals surface area contributed by atoms with E-state index in [1.807, 2.05) is 0 Å². The van der Waals surface area contributed by atoms with Gasteiger partial charge in [0.15, 0.2) is 0 Å². The minimum atomic E-state index is -0.315. The summed E-state index contributed by atoms with van der Waals surface area (Å²) in [5.41, 5.74) is 0.539. The van der Waals surface area contributed by atoms with Crippen LogP contribution in [-0.2, 0) is 4.79 Å². The highest BCUT2D eigenvalue weighted by Gasteiger charge is 2.45. The maximum Gasteiger partial charge on any atom is 0.243 e. The topological polar surface area (TPSA) is 38.3 Å². The van der Waals surface area contributed by atoms with E-state index < -0.39 is 0 Å². The molecule has 4 heteroatoms. The number of hydrogen-bond acceptors (Lipinski definition) is 2. The molecule has 0 aromatic heterocycles. The molecule has 0 bridgehead atoms. The minimum Gasteiger partial charge on any atom is -0.487 e. The molecular weight excluding hydrogens is 245 g/mol. The lowest BCUT2D eigenvalue weighted by atomic mass is 9.73. The number of hydrogen-bond donors (Lipinski definition) is 1. The zero-order chi connectivity index (χ0) is 13.5. The van der Waals surface area contributed by atoms with Gasteiger partial charge in [-0.05, 0) is 43.5 Å². The molecule has 3 nitrogen and oxygen atoms in total. The lowest BCUT2D eigenvalue weighted by molar-refractivity contribution is -0.118. The van der Waals surface area contributed by atoms with Gasteiger partial charge in [0.05, 0.1) is 6.04 Å². The Labute approximate surface area is 111 Å². The van der Waals surface area contributed by atoms with Crippen molar-refractivity contribution >= 4 is 5.91 Å². The Bertz CT molecular complexity index is 537. The second-order valence-electron chi connectivity index (χ2n) is 5.29. The molecule has 0 saturated heterocycles. The fraction of sp³-hybridized carbons (Fsp3) is 0.400. The Kier molecular flexibility index (Phi) is 2.81. The lowest BCUT2D eigenvalue weighted by Gasteiger charge is -2.47. The van der Waals surface area contributed by atoms with Crippen LogP contribution in [0.5, 0.6) is 5.75 Å². The van der Waals surface area contributed by atoms with Crippen LogP contribution in [0.4, 0.5) is 4.39 Å². The van der Waals surface area contributed by atoms with Crippen molar-refractivity contribution in [3.05, 3.63) is 42.2 Å². The Morgan fingerprint density at radius 1 is 1.53 bits per heavy atom. The van der Waals surface area contributed by atoms with Crippen molar-refractivity contribution < 1.29 is 13.9 Å². The van der Waals surface area contributed by atoms with Gasteiger partial charge in [0, 0.05) is 12.0 Å². The van der Waals surface area contributed by atoms with Crippen LogP contribution in [0.2, 0.25) is 0 Å². The maximum atomic E-state index is 13.4. The first-order valence-corrected chi connectivity index (χ1v) is 6.53. The molecule has 1 N–H and O–H groups in total. The van der Waals surface area contributed by atoms with Crippen LogP contribution in [0.25, 0.3) is 0 Å². The molecule has 1 atom stereocenters. The van der Waals surface area contributed by atoms with Gasteiger partial charge in [-0.2, -0.15) is 0 Å². The predicted octanol–water partition coefficient (Wildman–Crippen LogP) is 2.87. The van der Waals surface area contributed by atoms with Gasteiger partial charge in [0.1, 0.15) is 17.2 Å². The van der Waals surface area contributed by atoms with Crippen LogP contribution >= 0.6 is 0 Å². The predicted molar refractivity (Wildman–Crippen MR) is 69.3 cm³/mol. The first-order valence-electron chi connectivity index (χ1n) is 6.53. The molecule has 1 aliphatic heterocycles. The van der Waals surface area contributed by atoms with Crippen LogP contribution in [0, 0.1) is 5.82 Å². The number of fused-ring (bicyclic) bond motifs is 1. The molecule has 3 rings (SSSR count). The van der Waals surface area contributed by atoms with Gasteiger partial charge >= 0.3 is 0 Å². The second kappa shape index (κ2) is 4.37. The van der Waals surface area contributed by atoms with Crippen LogP contribution in [0.1, 0.15) is 37.3 Å². The average Bonchev–Trinajstić information content (AvgIpc) is 2.37. The molecule has 1 heterocycles. The molecule has 1 fully saturated rings. The van der Waals surface area contributed by atoms with Gasteiger partial charge in [-0.25, -0.2) is 4.39 Å². The normalized spacial score (nSPS) is 22.9. The standard InChI is InChI=1S/C15H16FNO2/c1-2-14(18)17-12-9-15(6-3-7-15)19-13-5-4-10(16)8-11(12)13/h2,4-5,8,12H,1,3,6-7,9H2,(H,17,18)/t12-/m0/s1. The summed E-state index contributed by atoms with van der Waals surface area (Å²) in [5, 5.41) is 2.87. The largest absolute Gasteiger partial charge is 0.487 e. The number of halogens is 1. The SMILES string of the molecule is C=CC(=O)N[C@H]1CC2(CCC2)Oc2ccc(F)cc21. The smallest absolute Gasteiger partial charge is 0.243 e. The van der Waals surface area contributed by atoms with Crippen molar-refractivity contribution in [2.24, 2.45) is 0 Å². The molecule has 0 radical (unpaired) electrons. The van der Waals surface area contributed by atoms with E-state index in [2.05, 4.69) is 11.9 Å². The fourth-order valence-electron chi connectivity index (χ4n) is 2.88. The third-order valence-electron chi connectivity index (χ3n) is 4.02. The monoisotopic (exact) mass is 261 g/mol. The average molecular weight is 261 g/mol.